The monoisotopic (exact) mass is 314 g/mol. The van der Waals surface area contributed by atoms with Gasteiger partial charge < -0.3 is 11.1 Å². The predicted octanol–water partition coefficient (Wildman–Crippen LogP) is 3.13. The molecule has 0 heterocycles. The topological polar surface area (TPSA) is 72.2 Å². The summed E-state index contributed by atoms with van der Waals surface area (Å²) in [4.78, 5) is 24.2. The zero-order valence-corrected chi connectivity index (χ0v) is 13.4. The quantitative estimate of drug-likeness (QED) is 0.833. The summed E-state index contributed by atoms with van der Waals surface area (Å²) in [6, 6.07) is 13.1. The van der Waals surface area contributed by atoms with Gasteiger partial charge in [-0.2, -0.15) is 0 Å². The van der Waals surface area contributed by atoms with Gasteiger partial charge in [0.15, 0.2) is 0 Å². The highest BCUT2D eigenvalue weighted by atomic mass is 32.2. The molecular formula is C17H18N2O2S. The second-order valence-corrected chi connectivity index (χ2v) is 6.04. The molecular weight excluding hydrogens is 296 g/mol. The van der Waals surface area contributed by atoms with Crippen LogP contribution in [-0.2, 0) is 4.79 Å². The largest absolute Gasteiger partial charge is 0.369 e. The summed E-state index contributed by atoms with van der Waals surface area (Å²) in [5.41, 5.74) is 8.54. The van der Waals surface area contributed by atoms with Crippen molar-refractivity contribution in [3.8, 4) is 0 Å². The number of carbonyl (C=O) groups excluding carboxylic acids is 2. The van der Waals surface area contributed by atoms with Gasteiger partial charge in [0.05, 0.1) is 11.4 Å². The fourth-order valence-electron chi connectivity index (χ4n) is 2.10. The van der Waals surface area contributed by atoms with Crippen LogP contribution in [-0.4, -0.2) is 17.6 Å². The summed E-state index contributed by atoms with van der Waals surface area (Å²) in [5.74, 6) is -0.374. The van der Waals surface area contributed by atoms with E-state index in [-0.39, 0.29) is 17.6 Å². The highest BCUT2D eigenvalue weighted by Crippen LogP contribution is 2.27. The molecule has 0 aromatic heterocycles. The van der Waals surface area contributed by atoms with Crippen molar-refractivity contribution in [3.63, 3.8) is 0 Å². The Morgan fingerprint density at radius 3 is 2.55 bits per heavy atom. The first kappa shape index (κ1) is 16.1. The molecule has 0 fully saturated rings. The smallest absolute Gasteiger partial charge is 0.255 e. The number of hydrogen-bond acceptors (Lipinski definition) is 3. The van der Waals surface area contributed by atoms with Crippen LogP contribution in [0.25, 0.3) is 0 Å². The molecule has 0 saturated heterocycles. The van der Waals surface area contributed by atoms with Crippen molar-refractivity contribution < 1.29 is 9.59 Å². The molecule has 0 aliphatic heterocycles. The molecule has 0 bridgehead atoms. The summed E-state index contributed by atoms with van der Waals surface area (Å²) in [7, 11) is 0. The first-order valence-electron chi connectivity index (χ1n) is 6.86. The average molecular weight is 314 g/mol. The molecule has 3 N–H and O–H groups in total. The van der Waals surface area contributed by atoms with Crippen LogP contribution in [0.4, 0.5) is 5.69 Å². The number of thioether (sulfide) groups is 1. The Labute approximate surface area is 134 Å². The van der Waals surface area contributed by atoms with Crippen molar-refractivity contribution in [3.05, 3.63) is 59.2 Å². The Kier molecular flexibility index (Phi) is 5.22. The normalized spacial score (nSPS) is 10.3. The van der Waals surface area contributed by atoms with Crippen LogP contribution < -0.4 is 11.1 Å². The van der Waals surface area contributed by atoms with E-state index in [0.717, 1.165) is 16.0 Å². The molecule has 2 amide bonds. The highest BCUT2D eigenvalue weighted by molar-refractivity contribution is 8.00. The van der Waals surface area contributed by atoms with E-state index in [1.165, 1.54) is 11.8 Å². The van der Waals surface area contributed by atoms with Gasteiger partial charge in [-0.3, -0.25) is 9.59 Å². The van der Waals surface area contributed by atoms with Gasteiger partial charge in [0.1, 0.15) is 0 Å². The molecule has 0 radical (unpaired) electrons. The van der Waals surface area contributed by atoms with Crippen molar-refractivity contribution in [1.29, 1.82) is 0 Å². The van der Waals surface area contributed by atoms with Gasteiger partial charge in [-0.05, 0) is 37.6 Å². The lowest BCUT2D eigenvalue weighted by Crippen LogP contribution is -2.15. The molecule has 0 atom stereocenters. The van der Waals surface area contributed by atoms with Gasteiger partial charge in [0.2, 0.25) is 5.91 Å². The number of primary amides is 1. The van der Waals surface area contributed by atoms with Crippen LogP contribution in [0.1, 0.15) is 21.5 Å². The van der Waals surface area contributed by atoms with Gasteiger partial charge in [-0.1, -0.05) is 29.8 Å². The number of hydrogen-bond donors (Lipinski definition) is 2. The minimum Gasteiger partial charge on any atom is -0.369 e. The molecule has 0 unspecified atom stereocenters. The summed E-state index contributed by atoms with van der Waals surface area (Å²) in [5, 5.41) is 2.90. The van der Waals surface area contributed by atoms with Crippen LogP contribution in [0, 0.1) is 13.8 Å². The van der Waals surface area contributed by atoms with Crippen LogP contribution in [0.2, 0.25) is 0 Å². The predicted molar refractivity (Wildman–Crippen MR) is 90.2 cm³/mol. The van der Waals surface area contributed by atoms with E-state index < -0.39 is 0 Å². The standard InChI is InChI=1S/C17H18N2O2S/c1-11-7-8-13(12(2)9-11)17(21)19-14-5-3-4-6-15(14)22-10-16(18)20/h3-9H,10H2,1-2H3,(H2,18,20)(H,19,21). The van der Waals surface area contributed by atoms with Crippen molar-refractivity contribution in [2.24, 2.45) is 5.73 Å². The van der Waals surface area contributed by atoms with E-state index in [4.69, 9.17) is 5.73 Å². The highest BCUT2D eigenvalue weighted by Gasteiger charge is 2.12. The molecule has 4 nitrogen and oxygen atoms in total. The third-order valence-corrected chi connectivity index (χ3v) is 4.23. The number of benzene rings is 2. The first-order chi connectivity index (χ1) is 10.5. The molecule has 0 saturated carbocycles. The number of nitrogens with two attached hydrogens (primary N) is 1. The summed E-state index contributed by atoms with van der Waals surface area (Å²) in [6.45, 7) is 3.90. The zero-order chi connectivity index (χ0) is 16.1. The van der Waals surface area contributed by atoms with Gasteiger partial charge >= 0.3 is 0 Å². The van der Waals surface area contributed by atoms with Crippen molar-refractivity contribution >= 4 is 29.3 Å². The lowest BCUT2D eigenvalue weighted by Gasteiger charge is -2.11. The number of aryl methyl sites for hydroxylation is 2. The van der Waals surface area contributed by atoms with E-state index >= 15 is 0 Å². The maximum Gasteiger partial charge on any atom is 0.255 e. The van der Waals surface area contributed by atoms with Gasteiger partial charge in [-0.15, -0.1) is 11.8 Å². The van der Waals surface area contributed by atoms with Gasteiger partial charge in [-0.25, -0.2) is 0 Å². The lowest BCUT2D eigenvalue weighted by atomic mass is 10.1. The molecule has 2 aromatic rings. The lowest BCUT2D eigenvalue weighted by molar-refractivity contribution is -0.115. The number of amides is 2. The van der Waals surface area contributed by atoms with Crippen molar-refractivity contribution in [2.75, 3.05) is 11.1 Å². The summed E-state index contributed by atoms with van der Waals surface area (Å²) < 4.78 is 0. The Balaban J connectivity index is 2.19. The zero-order valence-electron chi connectivity index (χ0n) is 12.6. The van der Waals surface area contributed by atoms with Crippen molar-refractivity contribution in [2.45, 2.75) is 18.7 Å². The summed E-state index contributed by atoms with van der Waals surface area (Å²) >= 11 is 1.31. The van der Waals surface area contributed by atoms with Gasteiger partial charge in [0, 0.05) is 10.5 Å². The van der Waals surface area contributed by atoms with E-state index in [0.29, 0.717) is 11.3 Å². The minimum absolute atomic E-state index is 0.162. The number of carbonyl (C=O) groups is 2. The summed E-state index contributed by atoms with van der Waals surface area (Å²) in [6.07, 6.45) is 0. The Hall–Kier alpha value is -2.27. The third kappa shape index (κ3) is 4.11. The van der Waals surface area contributed by atoms with E-state index in [1.54, 1.807) is 0 Å². The molecule has 2 rings (SSSR count). The SMILES string of the molecule is Cc1ccc(C(=O)Nc2ccccc2SCC(N)=O)c(C)c1. The Bertz CT molecular complexity index is 714. The number of rotatable bonds is 5. The fraction of sp³-hybridized carbons (Fsp3) is 0.176. The minimum atomic E-state index is -0.388. The average Bonchev–Trinajstić information content (AvgIpc) is 2.46. The second-order valence-electron chi connectivity index (χ2n) is 5.02. The Morgan fingerprint density at radius 2 is 1.86 bits per heavy atom. The molecule has 0 aliphatic carbocycles. The van der Waals surface area contributed by atoms with Gasteiger partial charge in [0.25, 0.3) is 5.91 Å². The number of para-hydroxylation sites is 1. The second kappa shape index (κ2) is 7.13. The van der Waals surface area contributed by atoms with Crippen molar-refractivity contribution in [1.82, 2.24) is 0 Å². The molecule has 0 aliphatic rings. The molecule has 22 heavy (non-hydrogen) atoms. The van der Waals surface area contributed by atoms with Crippen LogP contribution in [0.3, 0.4) is 0 Å². The van der Waals surface area contributed by atoms with E-state index in [9.17, 15) is 9.59 Å². The van der Waals surface area contributed by atoms with E-state index in [1.807, 2.05) is 56.3 Å². The fourth-order valence-corrected chi connectivity index (χ4v) is 2.85. The molecule has 2 aromatic carbocycles. The Morgan fingerprint density at radius 1 is 1.14 bits per heavy atom. The molecule has 0 spiro atoms. The molecule has 114 valence electrons. The number of nitrogens with one attached hydrogen (secondary N) is 1. The van der Waals surface area contributed by atoms with Crippen LogP contribution in [0.5, 0.6) is 0 Å². The third-order valence-electron chi connectivity index (χ3n) is 3.13. The maximum atomic E-state index is 12.4. The first-order valence-corrected chi connectivity index (χ1v) is 7.84. The maximum absolute atomic E-state index is 12.4. The number of anilines is 1. The molecule has 5 heteroatoms. The van der Waals surface area contributed by atoms with Crippen LogP contribution in [0.15, 0.2) is 47.4 Å². The van der Waals surface area contributed by atoms with E-state index in [2.05, 4.69) is 5.32 Å². The van der Waals surface area contributed by atoms with Crippen LogP contribution >= 0.6 is 11.8 Å².